The number of rotatable bonds is 4. The summed E-state index contributed by atoms with van der Waals surface area (Å²) in [6, 6.07) is 10.2. The number of carbonyl (C=O) groups is 2. The molecule has 2 N–H and O–H groups in total. The minimum atomic E-state index is -0.595. The third-order valence-electron chi connectivity index (χ3n) is 3.15. The second-order valence-corrected chi connectivity index (χ2v) is 6.65. The summed E-state index contributed by atoms with van der Waals surface area (Å²) in [7, 11) is 0. The predicted octanol–water partition coefficient (Wildman–Crippen LogP) is 2.88. The van der Waals surface area contributed by atoms with Gasteiger partial charge >= 0.3 is 0 Å². The van der Waals surface area contributed by atoms with Crippen LogP contribution < -0.4 is 10.6 Å². The van der Waals surface area contributed by atoms with E-state index in [-0.39, 0.29) is 23.4 Å². The molecule has 1 atom stereocenters. The molecular formula is C16H13ClN4O3S. The van der Waals surface area contributed by atoms with Crippen LogP contribution in [-0.2, 0) is 9.59 Å². The number of anilines is 1. The van der Waals surface area contributed by atoms with E-state index in [0.29, 0.717) is 16.5 Å². The maximum absolute atomic E-state index is 12.4. The van der Waals surface area contributed by atoms with Gasteiger partial charge in [0.25, 0.3) is 0 Å². The zero-order chi connectivity index (χ0) is 17.6. The third-order valence-corrected chi connectivity index (χ3v) is 4.48. The first-order valence-corrected chi connectivity index (χ1v) is 8.53. The second kappa shape index (κ2) is 8.00. The number of thioether (sulfide) groups is 1. The molecule has 1 aromatic carbocycles. The van der Waals surface area contributed by atoms with E-state index in [1.807, 2.05) is 0 Å². The lowest BCUT2D eigenvalue weighted by Gasteiger charge is -2.21. The summed E-state index contributed by atoms with van der Waals surface area (Å²) in [5.74, 6) is -0.0413. The van der Waals surface area contributed by atoms with Crippen LogP contribution in [0.5, 0.6) is 0 Å². The molecule has 2 amide bonds. The van der Waals surface area contributed by atoms with Gasteiger partial charge in [-0.3, -0.25) is 9.59 Å². The van der Waals surface area contributed by atoms with Crippen molar-refractivity contribution in [1.82, 2.24) is 5.32 Å². The van der Waals surface area contributed by atoms with Crippen LogP contribution in [0.4, 0.5) is 5.69 Å². The fraction of sp³-hybridized carbons (Fsp3) is 0.125. The summed E-state index contributed by atoms with van der Waals surface area (Å²) < 4.78 is 5.09. The lowest BCUT2D eigenvalue weighted by molar-refractivity contribution is -0.123. The highest BCUT2D eigenvalue weighted by atomic mass is 35.5. The highest BCUT2D eigenvalue weighted by Crippen LogP contribution is 2.23. The number of nitrogens with zero attached hydrogens (tertiary/aromatic N) is 2. The Kier molecular flexibility index (Phi) is 5.52. The van der Waals surface area contributed by atoms with Crippen molar-refractivity contribution in [2.24, 2.45) is 10.2 Å². The van der Waals surface area contributed by atoms with Gasteiger partial charge in [-0.05, 0) is 36.4 Å². The van der Waals surface area contributed by atoms with E-state index in [1.54, 1.807) is 36.4 Å². The Labute approximate surface area is 152 Å². The summed E-state index contributed by atoms with van der Waals surface area (Å²) in [4.78, 5) is 24.2. The Bertz CT molecular complexity index is 818. The minimum absolute atomic E-state index is 0.0605. The van der Waals surface area contributed by atoms with Crippen LogP contribution in [0.2, 0.25) is 5.02 Å². The number of furan rings is 1. The third kappa shape index (κ3) is 4.94. The Morgan fingerprint density at radius 2 is 2.16 bits per heavy atom. The zero-order valence-corrected chi connectivity index (χ0v) is 14.4. The average Bonchev–Trinajstić information content (AvgIpc) is 3.10. The maximum atomic E-state index is 12.4. The van der Waals surface area contributed by atoms with Gasteiger partial charge in [0.15, 0.2) is 5.17 Å². The number of hydrogen-bond acceptors (Lipinski definition) is 6. The summed E-state index contributed by atoms with van der Waals surface area (Å²) in [6.45, 7) is 0. The van der Waals surface area contributed by atoms with E-state index < -0.39 is 5.25 Å². The molecule has 0 radical (unpaired) electrons. The molecule has 1 aliphatic heterocycles. The number of amides is 2. The van der Waals surface area contributed by atoms with Crippen molar-refractivity contribution in [2.45, 2.75) is 11.7 Å². The molecule has 1 aliphatic rings. The van der Waals surface area contributed by atoms with E-state index in [4.69, 9.17) is 16.0 Å². The average molecular weight is 377 g/mol. The van der Waals surface area contributed by atoms with Crippen LogP contribution in [-0.4, -0.2) is 28.4 Å². The van der Waals surface area contributed by atoms with Crippen molar-refractivity contribution in [3.05, 3.63) is 53.4 Å². The van der Waals surface area contributed by atoms with Gasteiger partial charge in [0, 0.05) is 17.1 Å². The van der Waals surface area contributed by atoms with Crippen molar-refractivity contribution >= 4 is 52.2 Å². The molecule has 0 unspecified atom stereocenters. The molecule has 0 saturated carbocycles. The number of carbonyl (C=O) groups excluding carboxylic acids is 2. The molecular weight excluding hydrogens is 364 g/mol. The first-order valence-electron chi connectivity index (χ1n) is 7.27. The topological polar surface area (TPSA) is 96.1 Å². The van der Waals surface area contributed by atoms with Gasteiger partial charge in [0.1, 0.15) is 11.0 Å². The molecule has 1 fully saturated rings. The van der Waals surface area contributed by atoms with Gasteiger partial charge in [-0.2, -0.15) is 5.10 Å². The second-order valence-electron chi connectivity index (χ2n) is 5.02. The smallest absolute Gasteiger partial charge is 0.238 e. The van der Waals surface area contributed by atoms with Crippen molar-refractivity contribution in [2.75, 3.05) is 5.32 Å². The van der Waals surface area contributed by atoms with Gasteiger partial charge in [0.2, 0.25) is 11.8 Å². The first-order chi connectivity index (χ1) is 12.1. The van der Waals surface area contributed by atoms with Gasteiger partial charge in [-0.15, -0.1) is 5.10 Å². The Hall–Kier alpha value is -2.58. The van der Waals surface area contributed by atoms with E-state index in [2.05, 4.69) is 20.8 Å². The zero-order valence-electron chi connectivity index (χ0n) is 12.8. The van der Waals surface area contributed by atoms with Crippen LogP contribution in [0.25, 0.3) is 0 Å². The molecule has 25 heavy (non-hydrogen) atoms. The fourth-order valence-electron chi connectivity index (χ4n) is 2.00. The van der Waals surface area contributed by atoms with Crippen LogP contribution in [0.3, 0.4) is 0 Å². The van der Waals surface area contributed by atoms with Crippen molar-refractivity contribution in [3.8, 4) is 0 Å². The van der Waals surface area contributed by atoms with Gasteiger partial charge in [-0.25, -0.2) is 0 Å². The number of amidine groups is 1. The normalized spacial score (nSPS) is 19.2. The summed E-state index contributed by atoms with van der Waals surface area (Å²) >= 11 is 6.95. The Balaban J connectivity index is 1.64. The lowest BCUT2D eigenvalue weighted by atomic mass is 10.2. The number of nitrogens with one attached hydrogen (secondary N) is 2. The SMILES string of the molecule is O=C1C[C@@H](C(=O)Nc2ccc(Cl)cc2)SC(=N/N=C\c2ccco2)N1. The Morgan fingerprint density at radius 1 is 1.36 bits per heavy atom. The largest absolute Gasteiger partial charge is 0.463 e. The maximum Gasteiger partial charge on any atom is 0.238 e. The molecule has 1 aromatic heterocycles. The van der Waals surface area contributed by atoms with Gasteiger partial charge < -0.3 is 15.1 Å². The first kappa shape index (κ1) is 17.2. The van der Waals surface area contributed by atoms with Crippen molar-refractivity contribution in [3.63, 3.8) is 0 Å². The lowest BCUT2D eigenvalue weighted by Crippen LogP contribution is -2.41. The molecule has 1 saturated heterocycles. The number of hydrogen-bond donors (Lipinski definition) is 2. The number of halogens is 1. The van der Waals surface area contributed by atoms with E-state index in [9.17, 15) is 9.59 Å². The van der Waals surface area contributed by atoms with Crippen LogP contribution in [0, 0.1) is 0 Å². The summed E-state index contributed by atoms with van der Waals surface area (Å²) in [5.41, 5.74) is 0.607. The predicted molar refractivity (Wildman–Crippen MR) is 98.0 cm³/mol. The summed E-state index contributed by atoms with van der Waals surface area (Å²) in [6.07, 6.45) is 2.99. The molecule has 0 bridgehead atoms. The van der Waals surface area contributed by atoms with E-state index in [1.165, 1.54) is 12.5 Å². The summed E-state index contributed by atoms with van der Waals surface area (Å²) in [5, 5.41) is 13.3. The molecule has 9 heteroatoms. The van der Waals surface area contributed by atoms with Crippen molar-refractivity contribution in [1.29, 1.82) is 0 Å². The number of benzene rings is 1. The molecule has 2 heterocycles. The van der Waals surface area contributed by atoms with Crippen molar-refractivity contribution < 1.29 is 14.0 Å². The monoisotopic (exact) mass is 376 g/mol. The van der Waals surface area contributed by atoms with E-state index in [0.717, 1.165) is 11.8 Å². The molecule has 3 rings (SSSR count). The molecule has 0 aliphatic carbocycles. The quantitative estimate of drug-likeness (QED) is 0.633. The van der Waals surface area contributed by atoms with Gasteiger partial charge in [-0.1, -0.05) is 23.4 Å². The van der Waals surface area contributed by atoms with Gasteiger partial charge in [0.05, 0.1) is 12.5 Å². The van der Waals surface area contributed by atoms with E-state index >= 15 is 0 Å². The molecule has 7 nitrogen and oxygen atoms in total. The molecule has 2 aromatic rings. The Morgan fingerprint density at radius 3 is 2.88 bits per heavy atom. The van der Waals surface area contributed by atoms with Crippen LogP contribution in [0.15, 0.2) is 57.3 Å². The minimum Gasteiger partial charge on any atom is -0.463 e. The fourth-order valence-corrected chi connectivity index (χ4v) is 3.06. The van der Waals surface area contributed by atoms with Crippen LogP contribution in [0.1, 0.15) is 12.2 Å². The molecule has 0 spiro atoms. The molecule has 128 valence electrons. The standard InChI is InChI=1S/C16H13ClN4O3S/c17-10-3-5-11(6-4-10)19-15(23)13-8-14(22)20-16(25-13)21-18-9-12-2-1-7-24-12/h1-7,9,13H,8H2,(H,19,23)(H,20,21,22)/b18-9-/t13-/m0/s1. The highest BCUT2D eigenvalue weighted by molar-refractivity contribution is 8.15. The highest BCUT2D eigenvalue weighted by Gasteiger charge is 2.30. The van der Waals surface area contributed by atoms with Crippen LogP contribution >= 0.6 is 23.4 Å².